The number of methoxy groups -OCH3 is 2. The molecule has 2 aromatic carbocycles. The highest BCUT2D eigenvalue weighted by atomic mass is 32.2. The Kier molecular flexibility index (Phi) is 3.96. The summed E-state index contributed by atoms with van der Waals surface area (Å²) in [6.07, 6.45) is 0. The molecular weight excluding hydrogens is 328 g/mol. The lowest BCUT2D eigenvalue weighted by Gasteiger charge is -2.09. The molecule has 24 heavy (non-hydrogen) atoms. The molecule has 0 amide bonds. The molecule has 0 aliphatic rings. The van der Waals surface area contributed by atoms with Crippen LogP contribution in [0.1, 0.15) is 11.3 Å². The Bertz CT molecular complexity index is 1010. The molecule has 0 saturated carbocycles. The highest BCUT2D eigenvalue weighted by Crippen LogP contribution is 2.34. The van der Waals surface area contributed by atoms with Gasteiger partial charge in [0.2, 0.25) is 0 Å². The number of aryl methyl sites for hydroxylation is 2. The van der Waals surface area contributed by atoms with E-state index in [1.54, 1.807) is 43.3 Å². The van der Waals surface area contributed by atoms with Crippen LogP contribution in [0.4, 0.5) is 0 Å². The summed E-state index contributed by atoms with van der Waals surface area (Å²) in [4.78, 5) is 0.187. The summed E-state index contributed by atoms with van der Waals surface area (Å²) in [5, 5.41) is 4.93. The molecule has 0 unspecified atom stereocenters. The minimum Gasteiger partial charge on any atom is -0.493 e. The fourth-order valence-electron chi connectivity index (χ4n) is 2.55. The van der Waals surface area contributed by atoms with E-state index < -0.39 is 10.0 Å². The third-order valence-corrected chi connectivity index (χ3v) is 5.49. The van der Waals surface area contributed by atoms with Crippen molar-refractivity contribution in [3.63, 3.8) is 0 Å². The Labute approximate surface area is 140 Å². The largest absolute Gasteiger partial charge is 0.493 e. The van der Waals surface area contributed by atoms with Gasteiger partial charge in [0.1, 0.15) is 0 Å². The van der Waals surface area contributed by atoms with E-state index in [-0.39, 0.29) is 4.90 Å². The van der Waals surface area contributed by atoms with Crippen LogP contribution in [0, 0.1) is 13.8 Å². The number of hydrogen-bond donors (Lipinski definition) is 0. The minimum absolute atomic E-state index is 0.187. The minimum atomic E-state index is -3.80. The van der Waals surface area contributed by atoms with E-state index >= 15 is 0 Å². The Balaban J connectivity index is 2.28. The highest BCUT2D eigenvalue weighted by Gasteiger charge is 2.23. The van der Waals surface area contributed by atoms with Gasteiger partial charge in [-0.15, -0.1) is 0 Å². The zero-order chi connectivity index (χ0) is 17.5. The van der Waals surface area contributed by atoms with Gasteiger partial charge in [-0.1, -0.05) is 17.7 Å². The monoisotopic (exact) mass is 346 g/mol. The summed E-state index contributed by atoms with van der Waals surface area (Å²) >= 11 is 0. The summed E-state index contributed by atoms with van der Waals surface area (Å²) in [5.74, 6) is 0.977. The van der Waals surface area contributed by atoms with E-state index in [1.165, 1.54) is 14.2 Å². The molecule has 126 valence electrons. The molecule has 0 spiro atoms. The zero-order valence-corrected chi connectivity index (χ0v) is 14.7. The molecule has 0 saturated heterocycles. The second-order valence-electron chi connectivity index (χ2n) is 5.47. The third kappa shape index (κ3) is 2.50. The summed E-state index contributed by atoms with van der Waals surface area (Å²) in [7, 11) is -0.757. The molecule has 6 nitrogen and oxygen atoms in total. The van der Waals surface area contributed by atoms with Crippen LogP contribution in [0.5, 0.6) is 11.5 Å². The normalized spacial score (nSPS) is 11.7. The first-order chi connectivity index (χ1) is 11.4. The van der Waals surface area contributed by atoms with Crippen molar-refractivity contribution in [3.05, 3.63) is 47.7 Å². The van der Waals surface area contributed by atoms with Gasteiger partial charge in [-0.25, -0.2) is 0 Å². The van der Waals surface area contributed by atoms with Gasteiger partial charge in [0.15, 0.2) is 11.5 Å². The van der Waals surface area contributed by atoms with Crippen LogP contribution >= 0.6 is 0 Å². The first-order valence-electron chi connectivity index (χ1n) is 7.32. The third-order valence-electron chi connectivity index (χ3n) is 3.89. The lowest BCUT2D eigenvalue weighted by molar-refractivity contribution is 0.356. The number of ether oxygens (including phenoxy) is 2. The van der Waals surface area contributed by atoms with Gasteiger partial charge in [-0.05, 0) is 32.0 Å². The molecule has 1 aromatic heterocycles. The Morgan fingerprint density at radius 1 is 0.958 bits per heavy atom. The van der Waals surface area contributed by atoms with Gasteiger partial charge >= 0.3 is 0 Å². The van der Waals surface area contributed by atoms with Crippen LogP contribution in [0.3, 0.4) is 0 Å². The van der Waals surface area contributed by atoms with Crippen LogP contribution in [0.15, 0.2) is 41.3 Å². The second-order valence-corrected chi connectivity index (χ2v) is 7.24. The summed E-state index contributed by atoms with van der Waals surface area (Å²) in [6, 6.07) is 10.0. The zero-order valence-electron chi connectivity index (χ0n) is 13.9. The SMILES string of the molecule is COc1cc2c(C)nn(S(=O)(=O)c3ccc(C)cc3)c2cc1OC. The van der Waals surface area contributed by atoms with Crippen molar-refractivity contribution in [2.45, 2.75) is 18.7 Å². The van der Waals surface area contributed by atoms with Crippen LogP contribution in [0.25, 0.3) is 10.9 Å². The Morgan fingerprint density at radius 3 is 2.12 bits per heavy atom. The van der Waals surface area contributed by atoms with E-state index in [2.05, 4.69) is 5.10 Å². The van der Waals surface area contributed by atoms with E-state index in [0.29, 0.717) is 28.1 Å². The molecule has 7 heteroatoms. The van der Waals surface area contributed by atoms with Gasteiger partial charge in [-0.2, -0.15) is 17.6 Å². The molecule has 3 rings (SSSR count). The lowest BCUT2D eigenvalue weighted by atomic mass is 10.2. The number of fused-ring (bicyclic) bond motifs is 1. The van der Waals surface area contributed by atoms with Crippen molar-refractivity contribution in [1.82, 2.24) is 9.19 Å². The average Bonchev–Trinajstić information content (AvgIpc) is 2.90. The standard InChI is InChI=1S/C17H18N2O4S/c1-11-5-7-13(8-6-11)24(20,21)19-15-10-17(23-4)16(22-3)9-14(15)12(2)18-19/h5-10H,1-4H3. The number of aromatic nitrogens is 2. The molecule has 0 aliphatic carbocycles. The highest BCUT2D eigenvalue weighted by molar-refractivity contribution is 7.90. The molecule has 0 aliphatic heterocycles. The smallest absolute Gasteiger partial charge is 0.283 e. The number of nitrogens with zero attached hydrogens (tertiary/aromatic N) is 2. The van der Waals surface area contributed by atoms with Crippen molar-refractivity contribution in [2.75, 3.05) is 14.2 Å². The molecule has 0 N–H and O–H groups in total. The van der Waals surface area contributed by atoms with Crippen molar-refractivity contribution < 1.29 is 17.9 Å². The van der Waals surface area contributed by atoms with Gasteiger partial charge in [-0.3, -0.25) is 0 Å². The molecule has 0 bridgehead atoms. The first-order valence-corrected chi connectivity index (χ1v) is 8.76. The predicted octanol–water partition coefficient (Wildman–Crippen LogP) is 2.91. The number of rotatable bonds is 4. The van der Waals surface area contributed by atoms with Gasteiger partial charge in [0.25, 0.3) is 10.0 Å². The van der Waals surface area contributed by atoms with Crippen LogP contribution < -0.4 is 9.47 Å². The van der Waals surface area contributed by atoms with E-state index in [4.69, 9.17) is 9.47 Å². The van der Waals surface area contributed by atoms with E-state index in [1.807, 2.05) is 6.92 Å². The van der Waals surface area contributed by atoms with Crippen molar-refractivity contribution in [3.8, 4) is 11.5 Å². The fourth-order valence-corrected chi connectivity index (χ4v) is 3.87. The topological polar surface area (TPSA) is 70.4 Å². The van der Waals surface area contributed by atoms with Gasteiger partial charge < -0.3 is 9.47 Å². The average molecular weight is 346 g/mol. The van der Waals surface area contributed by atoms with Crippen LogP contribution in [-0.2, 0) is 10.0 Å². The van der Waals surface area contributed by atoms with Crippen molar-refractivity contribution in [1.29, 1.82) is 0 Å². The quantitative estimate of drug-likeness (QED) is 0.726. The summed E-state index contributed by atoms with van der Waals surface area (Å²) in [5.41, 5.74) is 2.04. The van der Waals surface area contributed by atoms with Crippen molar-refractivity contribution >= 4 is 20.9 Å². The molecule has 1 heterocycles. The van der Waals surface area contributed by atoms with E-state index in [0.717, 1.165) is 9.65 Å². The van der Waals surface area contributed by atoms with Gasteiger partial charge in [0, 0.05) is 11.5 Å². The maximum Gasteiger partial charge on any atom is 0.283 e. The fraction of sp³-hybridized carbons (Fsp3) is 0.235. The lowest BCUT2D eigenvalue weighted by Crippen LogP contribution is -2.14. The predicted molar refractivity (Wildman–Crippen MR) is 91.3 cm³/mol. The maximum atomic E-state index is 13.0. The van der Waals surface area contributed by atoms with Gasteiger partial charge in [0.05, 0.1) is 30.3 Å². The summed E-state index contributed by atoms with van der Waals surface area (Å²) < 4.78 is 37.5. The number of benzene rings is 2. The molecule has 3 aromatic rings. The van der Waals surface area contributed by atoms with E-state index in [9.17, 15) is 8.42 Å². The second kappa shape index (κ2) is 5.83. The molecular formula is C17H18N2O4S. The van der Waals surface area contributed by atoms with Crippen molar-refractivity contribution in [2.24, 2.45) is 0 Å². The first kappa shape index (κ1) is 16.3. The van der Waals surface area contributed by atoms with Crippen LogP contribution in [-0.4, -0.2) is 31.8 Å². The maximum absolute atomic E-state index is 13.0. The van der Waals surface area contributed by atoms with Crippen LogP contribution in [0.2, 0.25) is 0 Å². The molecule has 0 atom stereocenters. The summed E-state index contributed by atoms with van der Waals surface area (Å²) in [6.45, 7) is 3.66. The Hall–Kier alpha value is -2.54. The molecule has 0 radical (unpaired) electrons. The molecule has 0 fully saturated rings. The number of hydrogen-bond acceptors (Lipinski definition) is 5. The Morgan fingerprint density at radius 2 is 1.54 bits per heavy atom.